The summed E-state index contributed by atoms with van der Waals surface area (Å²) in [5.74, 6) is 0. The summed E-state index contributed by atoms with van der Waals surface area (Å²) in [5.41, 5.74) is 0.136. The van der Waals surface area contributed by atoms with Crippen molar-refractivity contribution in [2.24, 2.45) is 0 Å². The Kier molecular flexibility index (Phi) is 13.3. The molecule has 23 heavy (non-hydrogen) atoms. The van der Waals surface area contributed by atoms with E-state index in [-0.39, 0.29) is 31.7 Å². The monoisotopic (exact) mass is 359 g/mol. The van der Waals surface area contributed by atoms with Crippen molar-refractivity contribution in [1.82, 2.24) is 5.32 Å². The molecule has 0 fully saturated rings. The molecule has 8 heteroatoms. The van der Waals surface area contributed by atoms with Gasteiger partial charge in [-0.25, -0.2) is 0 Å². The van der Waals surface area contributed by atoms with Gasteiger partial charge in [0, 0.05) is 6.04 Å². The third-order valence-electron chi connectivity index (χ3n) is 2.77. The number of likely N-dealkylation sites (N-methyl/N-ethyl adjacent to an activating group) is 1. The van der Waals surface area contributed by atoms with Crippen LogP contribution in [0.15, 0.2) is 24.3 Å². The summed E-state index contributed by atoms with van der Waals surface area (Å²) in [7, 11) is 0. The lowest BCUT2D eigenvalue weighted by molar-refractivity contribution is -0.137. The summed E-state index contributed by atoms with van der Waals surface area (Å²) in [6.07, 6.45) is -4.60. The number of hydrogen-bond acceptors (Lipinski definition) is 4. The summed E-state index contributed by atoms with van der Waals surface area (Å²) in [6, 6.07) is 5.68. The van der Waals surface area contributed by atoms with Crippen molar-refractivity contribution in [3.8, 4) is 0 Å². The van der Waals surface area contributed by atoms with Crippen LogP contribution >= 0.6 is 12.4 Å². The number of hydrogen-bond donors (Lipinski definition) is 4. The number of alkyl halides is 3. The Bertz CT molecular complexity index is 415. The molecule has 0 aromatic heterocycles. The van der Waals surface area contributed by atoms with Crippen molar-refractivity contribution in [1.29, 1.82) is 0 Å². The summed E-state index contributed by atoms with van der Waals surface area (Å²) < 4.78 is 37.3. The molecule has 136 valence electrons. The lowest BCUT2D eigenvalue weighted by atomic mass is 10.0. The van der Waals surface area contributed by atoms with Crippen LogP contribution < -0.4 is 5.32 Å². The molecule has 4 N–H and O–H groups in total. The second-order valence-corrected chi connectivity index (χ2v) is 4.88. The van der Waals surface area contributed by atoms with Crippen LogP contribution in [0, 0.1) is 0 Å². The second kappa shape index (κ2) is 12.5. The highest BCUT2D eigenvalue weighted by atomic mass is 35.5. The van der Waals surface area contributed by atoms with E-state index in [4.69, 9.17) is 15.3 Å². The van der Waals surface area contributed by atoms with Crippen LogP contribution in [-0.4, -0.2) is 47.2 Å². The van der Waals surface area contributed by atoms with Crippen LogP contribution in [0.25, 0.3) is 0 Å². The fourth-order valence-corrected chi connectivity index (χ4v) is 1.71. The molecule has 1 rings (SSSR count). The van der Waals surface area contributed by atoms with Crippen LogP contribution in [0.5, 0.6) is 0 Å². The average Bonchev–Trinajstić information content (AvgIpc) is 2.46. The Hall–Kier alpha value is -0.860. The first-order valence-corrected chi connectivity index (χ1v) is 7.03. The molecule has 0 heterocycles. The molecule has 0 spiro atoms. The standard InChI is InChI=1S/C12H16F3N.C3H8O3.ClH/c1-3-16-9(2)7-10-5-4-6-11(8-10)12(13,14)15;4-1-3(6)2-5;/h4-6,8-9,16H,3,7H2,1-2H3;3-6H,1-2H2;1H. The van der Waals surface area contributed by atoms with E-state index in [1.165, 1.54) is 12.1 Å². The molecular weight excluding hydrogens is 335 g/mol. The Balaban J connectivity index is 0. The summed E-state index contributed by atoms with van der Waals surface area (Å²) in [5, 5.41) is 27.2. The van der Waals surface area contributed by atoms with Gasteiger partial charge in [0.15, 0.2) is 0 Å². The molecule has 0 aliphatic carbocycles. The largest absolute Gasteiger partial charge is 0.416 e. The molecule has 0 saturated heterocycles. The Morgan fingerprint density at radius 3 is 2.13 bits per heavy atom. The number of nitrogens with one attached hydrogen (secondary N) is 1. The molecule has 0 amide bonds. The molecule has 1 aromatic carbocycles. The smallest absolute Gasteiger partial charge is 0.394 e. The van der Waals surface area contributed by atoms with E-state index >= 15 is 0 Å². The molecular formula is C15H25ClF3NO3. The van der Waals surface area contributed by atoms with Crippen molar-refractivity contribution >= 4 is 12.4 Å². The van der Waals surface area contributed by atoms with Gasteiger partial charge < -0.3 is 20.6 Å². The zero-order chi connectivity index (χ0) is 17.2. The first kappa shape index (κ1) is 24.4. The Morgan fingerprint density at radius 2 is 1.74 bits per heavy atom. The summed E-state index contributed by atoms with van der Waals surface area (Å²) in [6.45, 7) is 4.03. The maximum absolute atomic E-state index is 12.4. The zero-order valence-corrected chi connectivity index (χ0v) is 14.0. The van der Waals surface area contributed by atoms with Gasteiger partial charge in [-0.1, -0.05) is 25.1 Å². The van der Waals surface area contributed by atoms with E-state index in [0.29, 0.717) is 12.0 Å². The summed E-state index contributed by atoms with van der Waals surface area (Å²) >= 11 is 0. The van der Waals surface area contributed by atoms with E-state index in [2.05, 4.69) is 5.32 Å². The zero-order valence-electron chi connectivity index (χ0n) is 13.2. The number of halogens is 4. The fourth-order valence-electron chi connectivity index (χ4n) is 1.71. The van der Waals surface area contributed by atoms with Gasteiger partial charge in [0.1, 0.15) is 6.10 Å². The Morgan fingerprint density at radius 1 is 1.17 bits per heavy atom. The van der Waals surface area contributed by atoms with Gasteiger partial charge in [0.25, 0.3) is 0 Å². The molecule has 1 unspecified atom stereocenters. The molecule has 0 aliphatic heterocycles. The minimum absolute atomic E-state index is 0. The predicted octanol–water partition coefficient (Wildman–Crippen LogP) is 2.00. The van der Waals surface area contributed by atoms with Crippen LogP contribution in [0.3, 0.4) is 0 Å². The van der Waals surface area contributed by atoms with Gasteiger partial charge in [-0.15, -0.1) is 12.4 Å². The first-order valence-electron chi connectivity index (χ1n) is 7.03. The van der Waals surface area contributed by atoms with Crippen LogP contribution in [0.2, 0.25) is 0 Å². The van der Waals surface area contributed by atoms with Gasteiger partial charge >= 0.3 is 6.18 Å². The lowest BCUT2D eigenvalue weighted by Gasteiger charge is -2.13. The highest BCUT2D eigenvalue weighted by molar-refractivity contribution is 5.85. The van der Waals surface area contributed by atoms with Crippen molar-refractivity contribution in [2.45, 2.75) is 38.6 Å². The number of benzene rings is 1. The molecule has 0 radical (unpaired) electrons. The van der Waals surface area contributed by atoms with Crippen molar-refractivity contribution in [2.75, 3.05) is 19.8 Å². The third-order valence-corrected chi connectivity index (χ3v) is 2.77. The van der Waals surface area contributed by atoms with Crippen LogP contribution in [0.4, 0.5) is 13.2 Å². The molecule has 4 nitrogen and oxygen atoms in total. The molecule has 0 saturated carbocycles. The lowest BCUT2D eigenvalue weighted by Crippen LogP contribution is -2.27. The highest BCUT2D eigenvalue weighted by Gasteiger charge is 2.30. The quantitative estimate of drug-likeness (QED) is 0.627. The van der Waals surface area contributed by atoms with E-state index < -0.39 is 17.8 Å². The van der Waals surface area contributed by atoms with Crippen molar-refractivity contribution < 1.29 is 28.5 Å². The maximum atomic E-state index is 12.4. The van der Waals surface area contributed by atoms with E-state index in [1.54, 1.807) is 6.07 Å². The number of aliphatic hydroxyl groups is 3. The fraction of sp³-hybridized carbons (Fsp3) is 0.600. The minimum Gasteiger partial charge on any atom is -0.394 e. The number of rotatable bonds is 6. The van der Waals surface area contributed by atoms with Crippen molar-refractivity contribution in [3.63, 3.8) is 0 Å². The van der Waals surface area contributed by atoms with Gasteiger partial charge in [-0.2, -0.15) is 13.2 Å². The van der Waals surface area contributed by atoms with Crippen LogP contribution in [0.1, 0.15) is 25.0 Å². The highest BCUT2D eigenvalue weighted by Crippen LogP contribution is 2.29. The van der Waals surface area contributed by atoms with Gasteiger partial charge in [0.2, 0.25) is 0 Å². The van der Waals surface area contributed by atoms with Crippen LogP contribution in [-0.2, 0) is 12.6 Å². The van der Waals surface area contributed by atoms with E-state index in [9.17, 15) is 13.2 Å². The SMILES string of the molecule is CCNC(C)Cc1cccc(C(F)(F)F)c1.Cl.OCC(O)CO. The predicted molar refractivity (Wildman–Crippen MR) is 85.7 cm³/mol. The molecule has 1 atom stereocenters. The average molecular weight is 360 g/mol. The summed E-state index contributed by atoms with van der Waals surface area (Å²) in [4.78, 5) is 0. The second-order valence-electron chi connectivity index (χ2n) is 4.88. The number of aliphatic hydroxyl groups excluding tert-OH is 3. The molecule has 0 aliphatic rings. The Labute approximate surface area is 140 Å². The first-order chi connectivity index (χ1) is 10.2. The molecule has 1 aromatic rings. The van der Waals surface area contributed by atoms with Crippen molar-refractivity contribution in [3.05, 3.63) is 35.4 Å². The minimum atomic E-state index is -4.25. The maximum Gasteiger partial charge on any atom is 0.416 e. The van der Waals surface area contributed by atoms with E-state index in [1.807, 2.05) is 13.8 Å². The molecule has 0 bridgehead atoms. The third kappa shape index (κ3) is 11.3. The van der Waals surface area contributed by atoms with Gasteiger partial charge in [-0.05, 0) is 31.5 Å². The normalized spacial score (nSPS) is 12.2. The van der Waals surface area contributed by atoms with Gasteiger partial charge in [0.05, 0.1) is 18.8 Å². The van der Waals surface area contributed by atoms with Gasteiger partial charge in [-0.3, -0.25) is 0 Å². The van der Waals surface area contributed by atoms with E-state index in [0.717, 1.165) is 12.6 Å². The topological polar surface area (TPSA) is 72.7 Å².